The average molecular weight is 207 g/mol. The van der Waals surface area contributed by atoms with Gasteiger partial charge in [-0.15, -0.1) is 0 Å². The van der Waals surface area contributed by atoms with Crippen LogP contribution in [0.1, 0.15) is 6.92 Å². The fourth-order valence-electron chi connectivity index (χ4n) is 0.756. The maximum Gasteiger partial charge on any atom is 0.335 e. The topological polar surface area (TPSA) is 49.7 Å². The van der Waals surface area contributed by atoms with Crippen molar-refractivity contribution >= 4 is 12.7 Å². The van der Waals surface area contributed by atoms with E-state index < -0.39 is 5.97 Å². The molecule has 15 heavy (non-hydrogen) atoms. The van der Waals surface area contributed by atoms with Crippen molar-refractivity contribution in [3.63, 3.8) is 0 Å². The van der Waals surface area contributed by atoms with E-state index in [0.29, 0.717) is 5.57 Å². The summed E-state index contributed by atoms with van der Waals surface area (Å²) in [5.41, 5.74) is 0.905. The Morgan fingerprint density at radius 3 is 1.93 bits per heavy atom. The van der Waals surface area contributed by atoms with E-state index >= 15 is 0 Å². The molecule has 0 aromatic heterocycles. The number of allylic oxidation sites excluding steroid dienone is 4. The molecule has 0 spiro atoms. The second-order valence-corrected chi connectivity index (χ2v) is 2.52. The molecule has 0 amide bonds. The second-order valence-electron chi connectivity index (χ2n) is 2.52. The minimum atomic E-state index is -0.953. The Bertz CT molecular complexity index is 299. The number of rotatable bonds is 4. The maximum absolute atomic E-state index is 10.6. The van der Waals surface area contributed by atoms with Crippen LogP contribution in [0.25, 0.3) is 0 Å². The average Bonchev–Trinajstić information content (AvgIpc) is 2.15. The van der Waals surface area contributed by atoms with Gasteiger partial charge in [0.05, 0.1) is 5.57 Å². The summed E-state index contributed by atoms with van der Waals surface area (Å²) in [6.45, 7) is 11.7. The first-order valence-corrected chi connectivity index (χ1v) is 4.25. The lowest BCUT2D eigenvalue weighted by Gasteiger charge is -1.99. The zero-order valence-corrected chi connectivity index (χ0v) is 9.23. The molecule has 0 aromatic rings. The van der Waals surface area contributed by atoms with Crippen molar-refractivity contribution in [2.24, 2.45) is 4.99 Å². The third-order valence-electron chi connectivity index (χ3n) is 1.31. The van der Waals surface area contributed by atoms with E-state index in [4.69, 9.17) is 5.11 Å². The van der Waals surface area contributed by atoms with Crippen LogP contribution >= 0.6 is 0 Å². The number of aliphatic carboxylic acids is 1. The molecule has 0 atom stereocenters. The van der Waals surface area contributed by atoms with Gasteiger partial charge in [0.1, 0.15) is 0 Å². The van der Waals surface area contributed by atoms with Crippen molar-refractivity contribution in [2.45, 2.75) is 6.92 Å². The first kappa shape index (κ1) is 15.6. The third-order valence-corrected chi connectivity index (χ3v) is 1.31. The number of carboxylic acid groups (broad SMARTS) is 1. The van der Waals surface area contributed by atoms with Crippen molar-refractivity contribution in [3.05, 3.63) is 48.6 Å². The number of carbonyl (C=O) groups is 1. The number of aliphatic imine (C=N–C) groups is 1. The Balaban J connectivity index is 0. The molecule has 0 saturated heterocycles. The Morgan fingerprint density at radius 2 is 1.67 bits per heavy atom. The molecule has 0 fully saturated rings. The molecule has 0 heterocycles. The highest BCUT2D eigenvalue weighted by Gasteiger charge is 2.06. The van der Waals surface area contributed by atoms with E-state index in [0.717, 1.165) is 0 Å². The van der Waals surface area contributed by atoms with Gasteiger partial charge in [0.25, 0.3) is 0 Å². The number of carboxylic acids is 1. The van der Waals surface area contributed by atoms with Crippen LogP contribution in [0, 0.1) is 0 Å². The molecule has 0 bridgehead atoms. The molecular formula is C12H17NO2. The summed E-state index contributed by atoms with van der Waals surface area (Å²) in [6.07, 6.45) is 6.10. The highest BCUT2D eigenvalue weighted by atomic mass is 16.4. The number of nitrogens with zero attached hydrogens (tertiary/aromatic N) is 1. The third kappa shape index (κ3) is 8.43. The van der Waals surface area contributed by atoms with Gasteiger partial charge in [0.15, 0.2) is 0 Å². The summed E-state index contributed by atoms with van der Waals surface area (Å²) in [5.74, 6) is -0.953. The van der Waals surface area contributed by atoms with E-state index in [1.54, 1.807) is 26.1 Å². The van der Waals surface area contributed by atoms with Gasteiger partial charge in [-0.1, -0.05) is 31.4 Å². The lowest BCUT2D eigenvalue weighted by Crippen LogP contribution is -2.01. The smallest absolute Gasteiger partial charge is 0.335 e. The van der Waals surface area contributed by atoms with Crippen LogP contribution in [0.15, 0.2) is 53.6 Å². The zero-order chi connectivity index (χ0) is 12.3. The van der Waals surface area contributed by atoms with Gasteiger partial charge < -0.3 is 10.1 Å². The largest absolute Gasteiger partial charge is 0.478 e. The Kier molecular flexibility index (Phi) is 10.6. The normalized spacial score (nSPS) is 10.8. The van der Waals surface area contributed by atoms with Gasteiger partial charge in [-0.05, 0) is 25.3 Å². The van der Waals surface area contributed by atoms with Crippen molar-refractivity contribution in [1.82, 2.24) is 0 Å². The highest BCUT2D eigenvalue weighted by molar-refractivity contribution is 5.92. The van der Waals surface area contributed by atoms with E-state index in [1.165, 1.54) is 12.2 Å². The van der Waals surface area contributed by atoms with Crippen LogP contribution in [0.3, 0.4) is 0 Å². The van der Waals surface area contributed by atoms with Gasteiger partial charge in [-0.25, -0.2) is 4.79 Å². The molecule has 0 rings (SSSR count). The zero-order valence-electron chi connectivity index (χ0n) is 9.23. The van der Waals surface area contributed by atoms with Crippen LogP contribution in [0.4, 0.5) is 0 Å². The van der Waals surface area contributed by atoms with Gasteiger partial charge >= 0.3 is 5.97 Å². The van der Waals surface area contributed by atoms with E-state index in [-0.39, 0.29) is 5.57 Å². The van der Waals surface area contributed by atoms with Crippen molar-refractivity contribution in [1.29, 1.82) is 0 Å². The molecule has 3 nitrogen and oxygen atoms in total. The van der Waals surface area contributed by atoms with Gasteiger partial charge in [-0.3, -0.25) is 0 Å². The summed E-state index contributed by atoms with van der Waals surface area (Å²) in [5, 5.41) is 8.71. The molecule has 1 N–H and O–H groups in total. The minimum absolute atomic E-state index is 0.241. The van der Waals surface area contributed by atoms with E-state index in [2.05, 4.69) is 24.9 Å². The quantitative estimate of drug-likeness (QED) is 0.437. The van der Waals surface area contributed by atoms with Crippen LogP contribution < -0.4 is 0 Å². The van der Waals surface area contributed by atoms with Crippen LogP contribution in [0.5, 0.6) is 0 Å². The Hall–Kier alpha value is -1.90. The molecule has 82 valence electrons. The lowest BCUT2D eigenvalue weighted by atomic mass is 10.1. The predicted molar refractivity (Wildman–Crippen MR) is 65.3 cm³/mol. The summed E-state index contributed by atoms with van der Waals surface area (Å²) in [6, 6.07) is 0. The lowest BCUT2D eigenvalue weighted by molar-refractivity contribution is -0.132. The highest BCUT2D eigenvalue weighted by Crippen LogP contribution is 2.09. The maximum atomic E-state index is 10.6. The van der Waals surface area contributed by atoms with Crippen molar-refractivity contribution < 1.29 is 9.90 Å². The summed E-state index contributed by atoms with van der Waals surface area (Å²) in [4.78, 5) is 13.9. The standard InChI is InChI=1S/C10H12O2.C2H5N/c1-4-6-8(3)9(7-5-2)10(11)12;1-3-2/h4-7H,1-2H2,3H3,(H,11,12);1H2,2H3/b8-6-,9-7+;. The van der Waals surface area contributed by atoms with E-state index in [9.17, 15) is 4.79 Å². The first-order chi connectivity index (χ1) is 7.04. The summed E-state index contributed by atoms with van der Waals surface area (Å²) >= 11 is 0. The van der Waals surface area contributed by atoms with Crippen LogP contribution in [0.2, 0.25) is 0 Å². The van der Waals surface area contributed by atoms with Gasteiger partial charge in [0.2, 0.25) is 0 Å². The van der Waals surface area contributed by atoms with E-state index in [1.807, 2.05) is 0 Å². The predicted octanol–water partition coefficient (Wildman–Crippen LogP) is 2.63. The number of hydrogen-bond acceptors (Lipinski definition) is 2. The Morgan fingerprint density at radius 1 is 1.27 bits per heavy atom. The van der Waals surface area contributed by atoms with Crippen LogP contribution in [-0.4, -0.2) is 24.8 Å². The minimum Gasteiger partial charge on any atom is -0.478 e. The summed E-state index contributed by atoms with van der Waals surface area (Å²) < 4.78 is 0. The molecule has 0 aliphatic rings. The monoisotopic (exact) mass is 207 g/mol. The fourth-order valence-corrected chi connectivity index (χ4v) is 0.756. The van der Waals surface area contributed by atoms with Gasteiger partial charge in [0, 0.05) is 7.05 Å². The molecule has 0 radical (unpaired) electrons. The molecule has 0 unspecified atom stereocenters. The van der Waals surface area contributed by atoms with Crippen molar-refractivity contribution in [2.75, 3.05) is 7.05 Å². The molecular weight excluding hydrogens is 190 g/mol. The molecule has 3 heteroatoms. The molecule has 0 aliphatic carbocycles. The van der Waals surface area contributed by atoms with Gasteiger partial charge in [-0.2, -0.15) is 0 Å². The number of hydrogen-bond donors (Lipinski definition) is 1. The molecule has 0 saturated carbocycles. The molecule has 0 aliphatic heterocycles. The van der Waals surface area contributed by atoms with Crippen molar-refractivity contribution in [3.8, 4) is 0 Å². The van der Waals surface area contributed by atoms with Crippen LogP contribution in [-0.2, 0) is 4.79 Å². The second kappa shape index (κ2) is 10.2. The Labute approximate surface area is 90.9 Å². The summed E-state index contributed by atoms with van der Waals surface area (Å²) in [7, 11) is 1.64. The fraction of sp³-hybridized carbons (Fsp3) is 0.167. The molecule has 0 aromatic carbocycles. The SMILES string of the molecule is C=C/C=C(C)\C(=C/C=C)C(=O)O.C=NC. The first-order valence-electron chi connectivity index (χ1n) is 4.25.